The van der Waals surface area contributed by atoms with E-state index in [0.29, 0.717) is 12.8 Å². The van der Waals surface area contributed by atoms with Gasteiger partial charge in [0.1, 0.15) is 25.0 Å². The quantitative estimate of drug-likeness (QED) is 0.555. The molecule has 1 aliphatic heterocycles. The first-order valence-electron chi connectivity index (χ1n) is 9.25. The summed E-state index contributed by atoms with van der Waals surface area (Å²) in [5.74, 6) is -0.226. The number of furan rings is 1. The smallest absolute Gasteiger partial charge is 0.325 e. The van der Waals surface area contributed by atoms with E-state index < -0.39 is 12.0 Å². The number of carbonyl (C=O) groups is 3. The number of aryl methyl sites for hydroxylation is 2. The van der Waals surface area contributed by atoms with Crippen LogP contribution in [0.1, 0.15) is 30.2 Å². The van der Waals surface area contributed by atoms with Crippen LogP contribution in [0.2, 0.25) is 0 Å². The van der Waals surface area contributed by atoms with E-state index in [0.717, 1.165) is 16.9 Å². The van der Waals surface area contributed by atoms with Gasteiger partial charge in [-0.2, -0.15) is 0 Å². The molecule has 0 saturated carbocycles. The van der Waals surface area contributed by atoms with Gasteiger partial charge in [-0.1, -0.05) is 29.8 Å². The molecule has 1 fully saturated rings. The third-order valence-electron chi connectivity index (χ3n) is 4.78. The van der Waals surface area contributed by atoms with Gasteiger partial charge in [-0.05, 0) is 31.0 Å². The number of likely N-dealkylation sites (tertiary alicyclic amines) is 1. The molecule has 2 atom stereocenters. The number of β-lactam (4-membered cyclic amide) rings is 1. The molecule has 1 saturated heterocycles. The van der Waals surface area contributed by atoms with E-state index in [9.17, 15) is 14.4 Å². The minimum Gasteiger partial charge on any atom is -0.469 e. The SMILES string of the molecule is CC(=O)N[C@@H]1C(=O)N(CC(=O)OCc2ccc(C)cc2)[C@@H]1CCc1ccco1. The molecule has 0 unspecified atom stereocenters. The van der Waals surface area contributed by atoms with Crippen molar-refractivity contribution >= 4 is 17.8 Å². The minimum absolute atomic E-state index is 0.135. The van der Waals surface area contributed by atoms with Crippen molar-refractivity contribution in [1.82, 2.24) is 10.2 Å². The summed E-state index contributed by atoms with van der Waals surface area (Å²) in [7, 11) is 0. The van der Waals surface area contributed by atoms with Crippen LogP contribution in [0.5, 0.6) is 0 Å². The Morgan fingerprint density at radius 2 is 1.96 bits per heavy atom. The summed E-state index contributed by atoms with van der Waals surface area (Å²) < 4.78 is 10.6. The molecule has 2 amide bonds. The molecule has 7 nitrogen and oxygen atoms in total. The Hall–Kier alpha value is -3.09. The summed E-state index contributed by atoms with van der Waals surface area (Å²) in [6.45, 7) is 3.38. The molecule has 148 valence electrons. The van der Waals surface area contributed by atoms with Gasteiger partial charge < -0.3 is 19.4 Å². The maximum absolute atomic E-state index is 12.4. The molecule has 2 aromatic rings. The maximum atomic E-state index is 12.4. The highest BCUT2D eigenvalue weighted by atomic mass is 16.5. The number of hydrogen-bond donors (Lipinski definition) is 1. The van der Waals surface area contributed by atoms with Crippen LogP contribution >= 0.6 is 0 Å². The van der Waals surface area contributed by atoms with Crippen molar-refractivity contribution in [2.45, 2.75) is 45.4 Å². The van der Waals surface area contributed by atoms with Crippen LogP contribution in [-0.2, 0) is 32.1 Å². The molecule has 28 heavy (non-hydrogen) atoms. The van der Waals surface area contributed by atoms with Crippen LogP contribution in [-0.4, -0.2) is 41.3 Å². The van der Waals surface area contributed by atoms with Crippen LogP contribution in [0.25, 0.3) is 0 Å². The van der Waals surface area contributed by atoms with Crippen LogP contribution in [0.4, 0.5) is 0 Å². The van der Waals surface area contributed by atoms with Crippen molar-refractivity contribution < 1.29 is 23.5 Å². The second-order valence-corrected chi connectivity index (χ2v) is 6.98. The number of carbonyl (C=O) groups excluding carboxylic acids is 3. The van der Waals surface area contributed by atoms with Gasteiger partial charge in [0.2, 0.25) is 11.8 Å². The van der Waals surface area contributed by atoms with Crippen LogP contribution in [0.3, 0.4) is 0 Å². The van der Waals surface area contributed by atoms with E-state index in [2.05, 4.69) is 5.32 Å². The number of esters is 1. The number of benzene rings is 1. The summed E-state index contributed by atoms with van der Waals surface area (Å²) in [6, 6.07) is 10.5. The van der Waals surface area contributed by atoms with Gasteiger partial charge in [0.25, 0.3) is 0 Å². The Kier molecular flexibility index (Phi) is 6.13. The molecule has 3 rings (SSSR count). The first-order chi connectivity index (χ1) is 13.4. The van der Waals surface area contributed by atoms with E-state index in [1.165, 1.54) is 11.8 Å². The third kappa shape index (κ3) is 4.79. The molecule has 0 spiro atoms. The van der Waals surface area contributed by atoms with Gasteiger partial charge in [-0.15, -0.1) is 0 Å². The second kappa shape index (κ2) is 8.73. The summed E-state index contributed by atoms with van der Waals surface area (Å²) >= 11 is 0. The number of amides is 2. The summed E-state index contributed by atoms with van der Waals surface area (Å²) in [5.41, 5.74) is 2.02. The highest BCUT2D eigenvalue weighted by molar-refractivity contribution is 5.95. The zero-order valence-corrected chi connectivity index (χ0v) is 16.0. The Morgan fingerprint density at radius 1 is 1.21 bits per heavy atom. The lowest BCUT2D eigenvalue weighted by atomic mass is 9.90. The Morgan fingerprint density at radius 3 is 2.61 bits per heavy atom. The molecule has 1 N–H and O–H groups in total. The highest BCUT2D eigenvalue weighted by Crippen LogP contribution is 2.25. The van der Waals surface area contributed by atoms with Crippen molar-refractivity contribution in [1.29, 1.82) is 0 Å². The van der Waals surface area contributed by atoms with Gasteiger partial charge in [-0.3, -0.25) is 14.4 Å². The molecule has 7 heteroatoms. The highest BCUT2D eigenvalue weighted by Gasteiger charge is 2.48. The molecule has 1 aromatic heterocycles. The van der Waals surface area contributed by atoms with Crippen molar-refractivity contribution in [2.24, 2.45) is 0 Å². The average Bonchev–Trinajstić information content (AvgIpc) is 3.19. The lowest BCUT2D eigenvalue weighted by molar-refractivity contribution is -0.163. The van der Waals surface area contributed by atoms with E-state index in [1.54, 1.807) is 12.3 Å². The van der Waals surface area contributed by atoms with Gasteiger partial charge in [0.05, 0.1) is 12.3 Å². The van der Waals surface area contributed by atoms with Gasteiger partial charge in [-0.25, -0.2) is 0 Å². The van der Waals surface area contributed by atoms with Gasteiger partial charge >= 0.3 is 5.97 Å². The first-order valence-corrected chi connectivity index (χ1v) is 9.25. The Balaban J connectivity index is 1.56. The number of nitrogens with one attached hydrogen (secondary N) is 1. The number of hydrogen-bond acceptors (Lipinski definition) is 5. The molecule has 0 bridgehead atoms. The fourth-order valence-corrected chi connectivity index (χ4v) is 3.28. The normalized spacial score (nSPS) is 18.5. The van der Waals surface area contributed by atoms with Crippen LogP contribution in [0, 0.1) is 6.92 Å². The Labute approximate surface area is 163 Å². The fourth-order valence-electron chi connectivity index (χ4n) is 3.28. The average molecular weight is 384 g/mol. The van der Waals surface area contributed by atoms with E-state index >= 15 is 0 Å². The van der Waals surface area contributed by atoms with E-state index in [1.807, 2.05) is 37.3 Å². The lowest BCUT2D eigenvalue weighted by Gasteiger charge is -2.46. The molecule has 1 aliphatic rings. The predicted molar refractivity (Wildman–Crippen MR) is 101 cm³/mol. The summed E-state index contributed by atoms with van der Waals surface area (Å²) in [5, 5.41) is 2.66. The van der Waals surface area contributed by atoms with Crippen molar-refractivity contribution in [3.8, 4) is 0 Å². The Bertz CT molecular complexity index is 829. The standard InChI is InChI=1S/C21H24N2O5/c1-14-5-7-16(8-6-14)13-28-19(25)12-23-18(10-9-17-4-3-11-27-17)20(21(23)26)22-15(2)24/h3-8,11,18,20H,9-10,12-13H2,1-2H3,(H,22,24)/t18-,20+/m1/s1. The molecular formula is C21H24N2O5. The first kappa shape index (κ1) is 19.7. The summed E-state index contributed by atoms with van der Waals surface area (Å²) in [4.78, 5) is 37.5. The van der Waals surface area contributed by atoms with Crippen molar-refractivity contribution in [3.05, 3.63) is 59.5 Å². The van der Waals surface area contributed by atoms with Gasteiger partial charge in [0, 0.05) is 13.3 Å². The van der Waals surface area contributed by atoms with E-state index in [-0.39, 0.29) is 31.0 Å². The van der Waals surface area contributed by atoms with Crippen LogP contribution in [0.15, 0.2) is 47.1 Å². The topological polar surface area (TPSA) is 88.9 Å². The van der Waals surface area contributed by atoms with Crippen LogP contribution < -0.4 is 5.32 Å². The molecule has 1 aromatic carbocycles. The minimum atomic E-state index is -0.614. The van der Waals surface area contributed by atoms with Crippen molar-refractivity contribution in [2.75, 3.05) is 6.54 Å². The molecule has 0 radical (unpaired) electrons. The number of rotatable bonds is 8. The largest absolute Gasteiger partial charge is 0.469 e. The zero-order chi connectivity index (χ0) is 20.1. The molecule has 2 heterocycles. The zero-order valence-electron chi connectivity index (χ0n) is 16.0. The fraction of sp³-hybridized carbons (Fsp3) is 0.381. The van der Waals surface area contributed by atoms with Gasteiger partial charge in [0.15, 0.2) is 0 Å². The molecular weight excluding hydrogens is 360 g/mol. The molecule has 0 aliphatic carbocycles. The second-order valence-electron chi connectivity index (χ2n) is 6.98. The maximum Gasteiger partial charge on any atom is 0.325 e. The van der Waals surface area contributed by atoms with Crippen molar-refractivity contribution in [3.63, 3.8) is 0 Å². The van der Waals surface area contributed by atoms with E-state index in [4.69, 9.17) is 9.15 Å². The summed E-state index contributed by atoms with van der Waals surface area (Å²) in [6.07, 6.45) is 2.78. The number of ether oxygens (including phenoxy) is 1. The predicted octanol–water partition coefficient (Wildman–Crippen LogP) is 1.98. The third-order valence-corrected chi connectivity index (χ3v) is 4.78. The monoisotopic (exact) mass is 384 g/mol. The lowest BCUT2D eigenvalue weighted by Crippen LogP contribution is -2.71. The number of nitrogens with zero attached hydrogens (tertiary/aromatic N) is 1.